The maximum absolute atomic E-state index is 4.26. The highest BCUT2D eigenvalue weighted by Gasteiger charge is 2.16. The van der Waals surface area contributed by atoms with Crippen LogP contribution in [0.15, 0.2) is 36.5 Å². The van der Waals surface area contributed by atoms with E-state index in [1.54, 1.807) is 0 Å². The molecule has 0 spiro atoms. The van der Waals surface area contributed by atoms with E-state index in [4.69, 9.17) is 0 Å². The zero-order chi connectivity index (χ0) is 14.7. The molecule has 0 amide bonds. The molecule has 1 unspecified atom stereocenters. The highest BCUT2D eigenvalue weighted by Crippen LogP contribution is 2.30. The predicted octanol–water partition coefficient (Wildman–Crippen LogP) is 3.58. The third-order valence-corrected chi connectivity index (χ3v) is 4.28. The van der Waals surface area contributed by atoms with Gasteiger partial charge < -0.3 is 10.2 Å². The molecule has 2 heterocycles. The van der Waals surface area contributed by atoms with Gasteiger partial charge in [0, 0.05) is 26.3 Å². The summed E-state index contributed by atoms with van der Waals surface area (Å²) in [5, 5.41) is 7.91. The Morgan fingerprint density at radius 1 is 1.10 bits per heavy atom. The molecule has 1 fully saturated rings. The Morgan fingerprint density at radius 2 is 1.86 bits per heavy atom. The number of benzene rings is 1. The van der Waals surface area contributed by atoms with Gasteiger partial charge in [-0.2, -0.15) is 5.10 Å². The normalized spacial score (nSPS) is 16.8. The first kappa shape index (κ1) is 14.0. The summed E-state index contributed by atoms with van der Waals surface area (Å²) in [6, 6.07) is 10.9. The third-order valence-electron chi connectivity index (χ3n) is 4.28. The number of piperidine rings is 1. The molecule has 1 saturated heterocycles. The Bertz CT molecular complexity index is 584. The second-order valence-electron chi connectivity index (χ2n) is 5.81. The Hall–Kier alpha value is -1.97. The van der Waals surface area contributed by atoms with Gasteiger partial charge in [-0.05, 0) is 44.4 Å². The Kier molecular flexibility index (Phi) is 4.13. The topological polar surface area (TPSA) is 33.1 Å². The summed E-state index contributed by atoms with van der Waals surface area (Å²) >= 11 is 0. The van der Waals surface area contributed by atoms with Gasteiger partial charge in [0.25, 0.3) is 0 Å². The molecule has 1 aromatic carbocycles. The average Bonchev–Trinajstić information content (AvgIpc) is 2.95. The summed E-state index contributed by atoms with van der Waals surface area (Å²) in [4.78, 5) is 2.50. The minimum atomic E-state index is 0.239. The molecule has 0 bridgehead atoms. The van der Waals surface area contributed by atoms with Crippen LogP contribution in [0.5, 0.6) is 0 Å². The monoisotopic (exact) mass is 284 g/mol. The largest absolute Gasteiger partial charge is 0.375 e. The molecule has 112 valence electrons. The lowest BCUT2D eigenvalue weighted by Gasteiger charge is -2.31. The smallest absolute Gasteiger partial charge is 0.0654 e. The van der Waals surface area contributed by atoms with E-state index in [0.717, 1.165) is 0 Å². The van der Waals surface area contributed by atoms with Crippen molar-refractivity contribution >= 4 is 11.4 Å². The average molecular weight is 284 g/mol. The molecule has 2 aromatic rings. The fourth-order valence-corrected chi connectivity index (χ4v) is 3.12. The summed E-state index contributed by atoms with van der Waals surface area (Å²) in [5.41, 5.74) is 3.74. The van der Waals surface area contributed by atoms with Crippen LogP contribution in [-0.4, -0.2) is 22.9 Å². The Labute approximate surface area is 126 Å². The van der Waals surface area contributed by atoms with Crippen molar-refractivity contribution in [2.75, 3.05) is 23.3 Å². The molecule has 1 atom stereocenters. The van der Waals surface area contributed by atoms with E-state index in [2.05, 4.69) is 52.6 Å². The number of nitrogens with zero attached hydrogens (tertiary/aromatic N) is 3. The highest BCUT2D eigenvalue weighted by molar-refractivity contribution is 5.70. The number of hydrogen-bond acceptors (Lipinski definition) is 3. The highest BCUT2D eigenvalue weighted by atomic mass is 15.3. The van der Waals surface area contributed by atoms with Crippen molar-refractivity contribution in [2.24, 2.45) is 7.05 Å². The van der Waals surface area contributed by atoms with Crippen LogP contribution in [-0.2, 0) is 7.05 Å². The van der Waals surface area contributed by atoms with Crippen LogP contribution < -0.4 is 10.2 Å². The first-order valence-corrected chi connectivity index (χ1v) is 7.84. The van der Waals surface area contributed by atoms with Gasteiger partial charge in [0.1, 0.15) is 0 Å². The van der Waals surface area contributed by atoms with Gasteiger partial charge >= 0.3 is 0 Å². The molecule has 0 aliphatic carbocycles. The summed E-state index contributed by atoms with van der Waals surface area (Å²) < 4.78 is 1.93. The maximum atomic E-state index is 4.26. The molecule has 4 nitrogen and oxygen atoms in total. The van der Waals surface area contributed by atoms with E-state index in [-0.39, 0.29) is 6.04 Å². The fourth-order valence-electron chi connectivity index (χ4n) is 3.12. The molecule has 21 heavy (non-hydrogen) atoms. The van der Waals surface area contributed by atoms with Crippen LogP contribution in [0, 0.1) is 0 Å². The molecule has 1 N–H and O–H groups in total. The molecule has 4 heteroatoms. The van der Waals surface area contributed by atoms with E-state index in [1.807, 2.05) is 17.9 Å². The number of anilines is 2. The van der Waals surface area contributed by atoms with Gasteiger partial charge in [0.15, 0.2) is 0 Å². The van der Waals surface area contributed by atoms with Crippen molar-refractivity contribution in [3.8, 4) is 0 Å². The lowest BCUT2D eigenvalue weighted by molar-refractivity contribution is 0.578. The van der Waals surface area contributed by atoms with Gasteiger partial charge in [-0.1, -0.05) is 12.1 Å². The Balaban J connectivity index is 1.80. The van der Waals surface area contributed by atoms with Crippen LogP contribution in [0.25, 0.3) is 0 Å². The third kappa shape index (κ3) is 3.04. The lowest BCUT2D eigenvalue weighted by atomic mass is 10.1. The van der Waals surface area contributed by atoms with E-state index >= 15 is 0 Å². The summed E-state index contributed by atoms with van der Waals surface area (Å²) in [7, 11) is 1.99. The summed E-state index contributed by atoms with van der Waals surface area (Å²) in [5.74, 6) is 0. The fraction of sp³-hybridized carbons (Fsp3) is 0.471. The minimum absolute atomic E-state index is 0.239. The number of para-hydroxylation sites is 2. The van der Waals surface area contributed by atoms with Crippen molar-refractivity contribution in [1.82, 2.24) is 9.78 Å². The van der Waals surface area contributed by atoms with Crippen LogP contribution in [0.1, 0.15) is 37.9 Å². The first-order chi connectivity index (χ1) is 10.3. The van der Waals surface area contributed by atoms with Crippen molar-refractivity contribution in [1.29, 1.82) is 0 Å². The van der Waals surface area contributed by atoms with Crippen molar-refractivity contribution in [3.63, 3.8) is 0 Å². The molecule has 0 radical (unpaired) electrons. The van der Waals surface area contributed by atoms with Gasteiger partial charge in [0.2, 0.25) is 0 Å². The number of aromatic nitrogens is 2. The van der Waals surface area contributed by atoms with Gasteiger partial charge in [-0.15, -0.1) is 0 Å². The maximum Gasteiger partial charge on any atom is 0.0654 e. The van der Waals surface area contributed by atoms with Gasteiger partial charge in [0.05, 0.1) is 23.1 Å². The summed E-state index contributed by atoms with van der Waals surface area (Å²) in [6.07, 6.45) is 5.80. The number of nitrogens with one attached hydrogen (secondary N) is 1. The van der Waals surface area contributed by atoms with Gasteiger partial charge in [-0.25, -0.2) is 0 Å². The van der Waals surface area contributed by atoms with E-state index in [0.29, 0.717) is 0 Å². The van der Waals surface area contributed by atoms with Crippen molar-refractivity contribution in [3.05, 3.63) is 42.2 Å². The molecular formula is C17H24N4. The van der Waals surface area contributed by atoms with Crippen molar-refractivity contribution in [2.45, 2.75) is 32.2 Å². The second-order valence-corrected chi connectivity index (χ2v) is 5.81. The van der Waals surface area contributed by atoms with Crippen LogP contribution >= 0.6 is 0 Å². The SMILES string of the molecule is CC(Nc1ccccc1N1CCCCC1)c1ccnn1C. The Morgan fingerprint density at radius 3 is 2.57 bits per heavy atom. The lowest BCUT2D eigenvalue weighted by Crippen LogP contribution is -2.30. The van der Waals surface area contributed by atoms with Crippen molar-refractivity contribution < 1.29 is 0 Å². The van der Waals surface area contributed by atoms with Crippen LogP contribution in [0.3, 0.4) is 0 Å². The van der Waals surface area contributed by atoms with Crippen LogP contribution in [0.2, 0.25) is 0 Å². The summed E-state index contributed by atoms with van der Waals surface area (Å²) in [6.45, 7) is 4.52. The number of aryl methyl sites for hydroxylation is 1. The quantitative estimate of drug-likeness (QED) is 0.931. The minimum Gasteiger partial charge on any atom is -0.375 e. The molecule has 1 aromatic heterocycles. The van der Waals surface area contributed by atoms with E-state index < -0.39 is 0 Å². The van der Waals surface area contributed by atoms with Crippen LogP contribution in [0.4, 0.5) is 11.4 Å². The second kappa shape index (κ2) is 6.20. The zero-order valence-electron chi connectivity index (χ0n) is 12.9. The standard InChI is InChI=1S/C17H24N4/c1-14(16-10-11-18-20(16)2)19-15-8-4-5-9-17(15)21-12-6-3-7-13-21/h4-5,8-11,14,19H,3,6-7,12-13H2,1-2H3. The molecule has 3 rings (SSSR count). The van der Waals surface area contributed by atoms with E-state index in [1.165, 1.54) is 49.4 Å². The van der Waals surface area contributed by atoms with Gasteiger partial charge in [-0.3, -0.25) is 4.68 Å². The molecule has 0 saturated carbocycles. The molecular weight excluding hydrogens is 260 g/mol. The van der Waals surface area contributed by atoms with E-state index in [9.17, 15) is 0 Å². The first-order valence-electron chi connectivity index (χ1n) is 7.84. The number of hydrogen-bond donors (Lipinski definition) is 1. The molecule has 1 aliphatic heterocycles. The predicted molar refractivity (Wildman–Crippen MR) is 87.8 cm³/mol. The zero-order valence-corrected chi connectivity index (χ0v) is 12.9. The molecule has 1 aliphatic rings. The number of rotatable bonds is 4.